The molecule has 17 heavy (non-hydrogen) atoms. The maximum absolute atomic E-state index is 8.86. The molecule has 0 aliphatic carbocycles. The molecule has 1 aromatic carbocycles. The van der Waals surface area contributed by atoms with Crippen molar-refractivity contribution in [1.29, 1.82) is 5.26 Å². The Morgan fingerprint density at radius 1 is 1.47 bits per heavy atom. The van der Waals surface area contributed by atoms with Gasteiger partial charge in [0.1, 0.15) is 5.82 Å². The summed E-state index contributed by atoms with van der Waals surface area (Å²) >= 11 is 1.37. The van der Waals surface area contributed by atoms with Gasteiger partial charge in [-0.25, -0.2) is 4.98 Å². The molecule has 0 saturated heterocycles. The van der Waals surface area contributed by atoms with E-state index in [0.29, 0.717) is 5.56 Å². The molecule has 0 spiro atoms. The van der Waals surface area contributed by atoms with E-state index >= 15 is 0 Å². The van der Waals surface area contributed by atoms with Crippen molar-refractivity contribution in [1.82, 2.24) is 9.36 Å². The highest BCUT2D eigenvalue weighted by Crippen LogP contribution is 2.25. The molecule has 2 rings (SSSR count). The second-order valence-corrected chi connectivity index (χ2v) is 4.30. The van der Waals surface area contributed by atoms with Gasteiger partial charge in [0, 0.05) is 30.7 Å². The molecule has 0 amide bonds. The third-order valence-electron chi connectivity index (χ3n) is 2.42. The first-order chi connectivity index (χ1) is 8.24. The smallest absolute Gasteiger partial charge is 0.209 e. The maximum Gasteiger partial charge on any atom is 0.209 e. The number of hydrogen-bond acceptors (Lipinski definition) is 5. The molecule has 2 aromatic rings. The fraction of sp³-hybridized carbons (Fsp3) is 0.250. The van der Waals surface area contributed by atoms with E-state index < -0.39 is 0 Å². The van der Waals surface area contributed by atoms with Gasteiger partial charge in [-0.1, -0.05) is 13.0 Å². The van der Waals surface area contributed by atoms with Crippen LogP contribution in [0.2, 0.25) is 0 Å². The number of anilines is 2. The van der Waals surface area contributed by atoms with Gasteiger partial charge in [0.05, 0.1) is 11.6 Å². The molecular formula is C12H12N4S. The van der Waals surface area contributed by atoms with Crippen LogP contribution in [-0.4, -0.2) is 16.4 Å². The maximum atomic E-state index is 8.86. The lowest BCUT2D eigenvalue weighted by Crippen LogP contribution is -2.09. The Morgan fingerprint density at radius 2 is 2.29 bits per heavy atom. The first-order valence-corrected chi connectivity index (χ1v) is 6.08. The third kappa shape index (κ3) is 2.43. The second kappa shape index (κ2) is 4.93. The average molecular weight is 244 g/mol. The van der Waals surface area contributed by atoms with E-state index in [1.54, 1.807) is 6.07 Å². The minimum atomic E-state index is 0.648. The predicted molar refractivity (Wildman–Crippen MR) is 68.5 cm³/mol. The summed E-state index contributed by atoms with van der Waals surface area (Å²) in [7, 11) is 1.93. The predicted octanol–water partition coefficient (Wildman–Crippen LogP) is 2.74. The number of rotatable bonds is 3. The van der Waals surface area contributed by atoms with E-state index in [0.717, 1.165) is 23.1 Å². The molecule has 1 heterocycles. The van der Waals surface area contributed by atoms with E-state index in [1.165, 1.54) is 11.5 Å². The van der Waals surface area contributed by atoms with E-state index in [1.807, 2.05) is 37.1 Å². The molecule has 0 radical (unpaired) electrons. The largest absolute Gasteiger partial charge is 0.320 e. The van der Waals surface area contributed by atoms with Gasteiger partial charge in [0.2, 0.25) is 5.13 Å². The van der Waals surface area contributed by atoms with Gasteiger partial charge in [0.25, 0.3) is 0 Å². The van der Waals surface area contributed by atoms with Crippen molar-refractivity contribution >= 4 is 22.4 Å². The first-order valence-electron chi connectivity index (χ1n) is 5.31. The molecule has 86 valence electrons. The third-order valence-corrected chi connectivity index (χ3v) is 3.25. The lowest BCUT2D eigenvalue weighted by atomic mass is 10.2. The molecule has 0 saturated carbocycles. The minimum Gasteiger partial charge on any atom is -0.320 e. The lowest BCUT2D eigenvalue weighted by Gasteiger charge is -2.15. The van der Waals surface area contributed by atoms with Gasteiger partial charge < -0.3 is 4.90 Å². The van der Waals surface area contributed by atoms with E-state index in [-0.39, 0.29) is 0 Å². The number of hydrogen-bond donors (Lipinski definition) is 0. The highest BCUT2D eigenvalue weighted by atomic mass is 32.1. The van der Waals surface area contributed by atoms with E-state index in [2.05, 4.69) is 15.4 Å². The second-order valence-electron chi connectivity index (χ2n) is 3.57. The zero-order valence-corrected chi connectivity index (χ0v) is 10.5. The highest BCUT2D eigenvalue weighted by Gasteiger charge is 2.09. The van der Waals surface area contributed by atoms with Crippen LogP contribution in [0.15, 0.2) is 24.3 Å². The van der Waals surface area contributed by atoms with Crippen LogP contribution in [0.4, 0.5) is 10.8 Å². The van der Waals surface area contributed by atoms with E-state index in [4.69, 9.17) is 5.26 Å². The summed E-state index contributed by atoms with van der Waals surface area (Å²) in [5.74, 6) is 0.855. The van der Waals surface area contributed by atoms with Gasteiger partial charge in [-0.15, -0.1) is 0 Å². The Bertz CT molecular complexity index is 556. The van der Waals surface area contributed by atoms with E-state index in [9.17, 15) is 0 Å². The van der Waals surface area contributed by atoms with Crippen molar-refractivity contribution < 1.29 is 0 Å². The molecule has 0 aliphatic rings. The zero-order valence-electron chi connectivity index (χ0n) is 9.71. The Kier molecular flexibility index (Phi) is 3.35. The average Bonchev–Trinajstić information content (AvgIpc) is 2.86. The Balaban J connectivity index is 2.30. The Morgan fingerprint density at radius 3 is 2.94 bits per heavy atom. The van der Waals surface area contributed by atoms with Crippen molar-refractivity contribution in [3.63, 3.8) is 0 Å². The summed E-state index contributed by atoms with van der Waals surface area (Å²) in [5.41, 5.74) is 1.59. The van der Waals surface area contributed by atoms with Crippen LogP contribution in [0.5, 0.6) is 0 Å². The fourth-order valence-corrected chi connectivity index (χ4v) is 2.15. The minimum absolute atomic E-state index is 0.648. The molecule has 1 aromatic heterocycles. The summed E-state index contributed by atoms with van der Waals surface area (Å²) in [6, 6.07) is 9.58. The summed E-state index contributed by atoms with van der Waals surface area (Å²) in [6.45, 7) is 2.03. The Labute approximate surface area is 104 Å². The normalized spacial score (nSPS) is 9.94. The molecule has 5 heteroatoms. The monoisotopic (exact) mass is 244 g/mol. The molecule has 0 bridgehead atoms. The quantitative estimate of drug-likeness (QED) is 0.833. The van der Waals surface area contributed by atoms with Crippen molar-refractivity contribution in [3.05, 3.63) is 35.7 Å². The van der Waals surface area contributed by atoms with Gasteiger partial charge in [-0.3, -0.25) is 0 Å². The molecular weight excluding hydrogens is 232 g/mol. The summed E-state index contributed by atoms with van der Waals surface area (Å²) in [5, 5.41) is 9.71. The standard InChI is InChI=1S/C12H12N4S/c1-3-11-14-12(17-15-11)16(2)10-6-4-5-9(7-10)8-13/h4-7H,3H2,1-2H3. The molecule has 4 nitrogen and oxygen atoms in total. The first kappa shape index (κ1) is 11.6. The number of aryl methyl sites for hydroxylation is 1. The van der Waals surface area contributed by atoms with Crippen LogP contribution in [-0.2, 0) is 6.42 Å². The molecule has 0 aliphatic heterocycles. The van der Waals surface area contributed by atoms with Gasteiger partial charge in [-0.05, 0) is 18.2 Å². The fourth-order valence-electron chi connectivity index (χ4n) is 1.42. The number of benzene rings is 1. The Hall–Kier alpha value is -1.93. The van der Waals surface area contributed by atoms with Crippen LogP contribution >= 0.6 is 11.5 Å². The number of nitriles is 1. The SMILES string of the molecule is CCc1nsc(N(C)c2cccc(C#N)c2)n1. The molecule has 0 atom stereocenters. The molecule has 0 unspecified atom stereocenters. The van der Waals surface area contributed by atoms with Crippen LogP contribution < -0.4 is 4.90 Å². The summed E-state index contributed by atoms with van der Waals surface area (Å²) < 4.78 is 4.25. The van der Waals surface area contributed by atoms with Gasteiger partial charge in [-0.2, -0.15) is 9.64 Å². The van der Waals surface area contributed by atoms with Crippen molar-refractivity contribution in [2.24, 2.45) is 0 Å². The number of aromatic nitrogens is 2. The van der Waals surface area contributed by atoms with Crippen LogP contribution in [0.1, 0.15) is 18.3 Å². The van der Waals surface area contributed by atoms with Gasteiger partial charge in [0.15, 0.2) is 0 Å². The van der Waals surface area contributed by atoms with Crippen molar-refractivity contribution in [2.75, 3.05) is 11.9 Å². The highest BCUT2D eigenvalue weighted by molar-refractivity contribution is 7.09. The van der Waals surface area contributed by atoms with Gasteiger partial charge >= 0.3 is 0 Å². The van der Waals surface area contributed by atoms with Crippen LogP contribution in [0.3, 0.4) is 0 Å². The molecule has 0 fully saturated rings. The topological polar surface area (TPSA) is 52.8 Å². The summed E-state index contributed by atoms with van der Waals surface area (Å²) in [6.07, 6.45) is 0.836. The zero-order chi connectivity index (χ0) is 12.3. The summed E-state index contributed by atoms with van der Waals surface area (Å²) in [4.78, 5) is 6.35. The van der Waals surface area contributed by atoms with Crippen LogP contribution in [0, 0.1) is 11.3 Å². The van der Waals surface area contributed by atoms with Crippen molar-refractivity contribution in [3.8, 4) is 6.07 Å². The lowest BCUT2D eigenvalue weighted by molar-refractivity contribution is 0.989. The number of nitrogens with zero attached hydrogens (tertiary/aromatic N) is 4. The molecule has 0 N–H and O–H groups in total. The van der Waals surface area contributed by atoms with Crippen molar-refractivity contribution in [2.45, 2.75) is 13.3 Å². The van der Waals surface area contributed by atoms with Crippen LogP contribution in [0.25, 0.3) is 0 Å².